The number of ketones is 1. The number of fused-ring (bicyclic) bond motifs is 3. The Morgan fingerprint density at radius 1 is 1.28 bits per heavy atom. The summed E-state index contributed by atoms with van der Waals surface area (Å²) in [5.74, 6) is -0.167. The fourth-order valence-electron chi connectivity index (χ4n) is 2.96. The van der Waals surface area contributed by atoms with Gasteiger partial charge in [-0.05, 0) is 48.9 Å². The molecule has 3 heterocycles. The van der Waals surface area contributed by atoms with Gasteiger partial charge in [0.15, 0.2) is 0 Å². The van der Waals surface area contributed by atoms with Crippen LogP contribution in [0.3, 0.4) is 0 Å². The smallest absolute Gasteiger partial charge is 0.205 e. The molecule has 122 valence electrons. The molecule has 1 aromatic carbocycles. The second-order valence-electron chi connectivity index (χ2n) is 5.80. The van der Waals surface area contributed by atoms with Crippen LogP contribution in [0.5, 0.6) is 0 Å². The van der Waals surface area contributed by atoms with Crippen molar-refractivity contribution in [2.24, 2.45) is 0 Å². The standard InChI is InChI=1S/C19H12ClN3OS/c1-10-6-7-23-14(8-10)13(9-21)18-16(23)15(22)19(25-18)17(24)11-2-4-12(20)5-3-11/h2-8H,22H2,1H3. The highest BCUT2D eigenvalue weighted by Crippen LogP contribution is 2.40. The molecule has 0 unspecified atom stereocenters. The normalized spacial score (nSPS) is 11.1. The Morgan fingerprint density at radius 2 is 2.00 bits per heavy atom. The van der Waals surface area contributed by atoms with E-state index in [1.165, 1.54) is 11.3 Å². The lowest BCUT2D eigenvalue weighted by Gasteiger charge is -2.02. The summed E-state index contributed by atoms with van der Waals surface area (Å²) in [5, 5.41) is 10.2. The van der Waals surface area contributed by atoms with Gasteiger partial charge in [-0.1, -0.05) is 11.6 Å². The van der Waals surface area contributed by atoms with E-state index >= 15 is 0 Å². The molecular formula is C19H12ClN3OS. The van der Waals surface area contributed by atoms with Crippen molar-refractivity contribution in [2.75, 3.05) is 5.73 Å². The van der Waals surface area contributed by atoms with Crippen LogP contribution in [0, 0.1) is 18.3 Å². The number of thiophene rings is 1. The number of nitrogens with two attached hydrogens (primary N) is 1. The van der Waals surface area contributed by atoms with Crippen molar-refractivity contribution < 1.29 is 4.79 Å². The molecule has 0 fully saturated rings. The number of carbonyl (C=O) groups excluding carboxylic acids is 1. The maximum atomic E-state index is 12.8. The summed E-state index contributed by atoms with van der Waals surface area (Å²) >= 11 is 7.15. The number of rotatable bonds is 2. The van der Waals surface area contributed by atoms with Gasteiger partial charge in [0.2, 0.25) is 5.78 Å². The first-order chi connectivity index (χ1) is 12.0. The molecular weight excluding hydrogens is 354 g/mol. The summed E-state index contributed by atoms with van der Waals surface area (Å²) in [6, 6.07) is 12.8. The summed E-state index contributed by atoms with van der Waals surface area (Å²) in [7, 11) is 0. The Hall–Kier alpha value is -2.81. The van der Waals surface area contributed by atoms with E-state index in [0.29, 0.717) is 32.2 Å². The van der Waals surface area contributed by atoms with E-state index in [1.54, 1.807) is 24.3 Å². The maximum absolute atomic E-state index is 12.8. The lowest BCUT2D eigenvalue weighted by molar-refractivity contribution is 0.104. The maximum Gasteiger partial charge on any atom is 0.205 e. The summed E-state index contributed by atoms with van der Waals surface area (Å²) in [4.78, 5) is 13.3. The molecule has 4 nitrogen and oxygen atoms in total. The molecule has 0 amide bonds. The summed E-state index contributed by atoms with van der Waals surface area (Å²) in [6.45, 7) is 1.97. The molecule has 0 radical (unpaired) electrons. The molecule has 6 heteroatoms. The molecule has 3 aromatic heterocycles. The third-order valence-electron chi connectivity index (χ3n) is 4.18. The average Bonchev–Trinajstić information content (AvgIpc) is 3.09. The first-order valence-electron chi connectivity index (χ1n) is 7.54. The molecule has 0 bridgehead atoms. The van der Waals surface area contributed by atoms with Crippen molar-refractivity contribution in [1.29, 1.82) is 5.26 Å². The SMILES string of the molecule is Cc1ccn2c(c1)c(C#N)c1sc(C(=O)c3ccc(Cl)cc3)c(N)c12. The van der Waals surface area contributed by atoms with Gasteiger partial charge in [0, 0.05) is 16.8 Å². The molecule has 0 atom stereocenters. The molecule has 0 saturated heterocycles. The van der Waals surface area contributed by atoms with Crippen LogP contribution < -0.4 is 5.73 Å². The van der Waals surface area contributed by atoms with E-state index in [0.717, 1.165) is 15.8 Å². The number of halogens is 1. The number of nitrogens with zero attached hydrogens (tertiary/aromatic N) is 2. The first-order valence-corrected chi connectivity index (χ1v) is 8.73. The Bertz CT molecular complexity index is 1200. The number of aromatic nitrogens is 1. The third-order valence-corrected chi connectivity index (χ3v) is 5.64. The van der Waals surface area contributed by atoms with Crippen LogP contribution in [0.2, 0.25) is 5.02 Å². The fraction of sp³-hybridized carbons (Fsp3) is 0.0526. The second-order valence-corrected chi connectivity index (χ2v) is 7.26. The minimum Gasteiger partial charge on any atom is -0.396 e. The number of carbonyl (C=O) groups is 1. The zero-order valence-corrected chi connectivity index (χ0v) is 14.8. The molecule has 25 heavy (non-hydrogen) atoms. The van der Waals surface area contributed by atoms with E-state index in [1.807, 2.05) is 29.7 Å². The zero-order valence-electron chi connectivity index (χ0n) is 13.2. The minimum atomic E-state index is -0.167. The highest BCUT2D eigenvalue weighted by molar-refractivity contribution is 7.22. The van der Waals surface area contributed by atoms with E-state index in [-0.39, 0.29) is 5.78 Å². The predicted octanol–water partition coefficient (Wildman–Crippen LogP) is 4.80. The van der Waals surface area contributed by atoms with Crippen molar-refractivity contribution in [1.82, 2.24) is 4.40 Å². The topological polar surface area (TPSA) is 71.3 Å². The summed E-state index contributed by atoms with van der Waals surface area (Å²) in [6.07, 6.45) is 1.88. The molecule has 0 saturated carbocycles. The molecule has 0 spiro atoms. The Labute approximate surface area is 152 Å². The summed E-state index contributed by atoms with van der Waals surface area (Å²) in [5.41, 5.74) is 10.4. The number of nitriles is 1. The van der Waals surface area contributed by atoms with Gasteiger partial charge < -0.3 is 10.1 Å². The molecule has 4 aromatic rings. The van der Waals surface area contributed by atoms with Gasteiger partial charge in [0.25, 0.3) is 0 Å². The van der Waals surface area contributed by atoms with Crippen molar-refractivity contribution in [3.63, 3.8) is 0 Å². The van der Waals surface area contributed by atoms with Gasteiger partial charge in [0.1, 0.15) is 10.9 Å². The van der Waals surface area contributed by atoms with Gasteiger partial charge in [-0.15, -0.1) is 11.3 Å². The van der Waals surface area contributed by atoms with E-state index in [4.69, 9.17) is 17.3 Å². The molecule has 0 aliphatic carbocycles. The van der Waals surface area contributed by atoms with E-state index in [2.05, 4.69) is 6.07 Å². The van der Waals surface area contributed by atoms with Gasteiger partial charge in [-0.25, -0.2) is 0 Å². The molecule has 2 N–H and O–H groups in total. The average molecular weight is 366 g/mol. The molecule has 4 rings (SSSR count). The van der Waals surface area contributed by atoms with Crippen LogP contribution in [0.4, 0.5) is 5.69 Å². The highest BCUT2D eigenvalue weighted by atomic mass is 35.5. The number of pyridine rings is 1. The van der Waals surface area contributed by atoms with Crippen molar-refractivity contribution in [3.05, 3.63) is 69.2 Å². The first kappa shape index (κ1) is 15.7. The quantitative estimate of drug-likeness (QED) is 0.518. The van der Waals surface area contributed by atoms with Gasteiger partial charge in [-0.2, -0.15) is 5.26 Å². The van der Waals surface area contributed by atoms with Gasteiger partial charge in [-0.3, -0.25) is 4.79 Å². The lowest BCUT2D eigenvalue weighted by atomic mass is 10.1. The minimum absolute atomic E-state index is 0.167. The zero-order chi connectivity index (χ0) is 17.7. The Morgan fingerprint density at radius 3 is 2.68 bits per heavy atom. The van der Waals surface area contributed by atoms with Gasteiger partial charge >= 0.3 is 0 Å². The Kier molecular flexibility index (Phi) is 3.53. The summed E-state index contributed by atoms with van der Waals surface area (Å²) < 4.78 is 2.62. The van der Waals surface area contributed by atoms with Crippen molar-refractivity contribution in [2.45, 2.75) is 6.92 Å². The Balaban J connectivity index is 1.99. The fourth-order valence-corrected chi connectivity index (χ4v) is 4.27. The third kappa shape index (κ3) is 2.30. The molecule has 0 aliphatic rings. The number of aryl methyl sites for hydroxylation is 1. The van der Waals surface area contributed by atoms with Crippen LogP contribution in [0.1, 0.15) is 26.4 Å². The lowest BCUT2D eigenvalue weighted by Crippen LogP contribution is -2.02. The molecule has 0 aliphatic heterocycles. The number of benzene rings is 1. The van der Waals surface area contributed by atoms with Crippen LogP contribution in [0.15, 0.2) is 42.6 Å². The predicted molar refractivity (Wildman–Crippen MR) is 102 cm³/mol. The van der Waals surface area contributed by atoms with E-state index in [9.17, 15) is 10.1 Å². The van der Waals surface area contributed by atoms with Crippen LogP contribution in [-0.2, 0) is 0 Å². The van der Waals surface area contributed by atoms with Crippen LogP contribution in [-0.4, -0.2) is 10.2 Å². The number of hydrogen-bond donors (Lipinski definition) is 1. The second kappa shape index (κ2) is 5.62. The van der Waals surface area contributed by atoms with Crippen LogP contribution in [0.25, 0.3) is 15.7 Å². The number of hydrogen-bond acceptors (Lipinski definition) is 4. The number of nitrogen functional groups attached to an aromatic ring is 1. The van der Waals surface area contributed by atoms with Crippen molar-refractivity contribution >= 4 is 50.1 Å². The van der Waals surface area contributed by atoms with E-state index < -0.39 is 0 Å². The highest BCUT2D eigenvalue weighted by Gasteiger charge is 2.24. The largest absolute Gasteiger partial charge is 0.396 e. The van der Waals surface area contributed by atoms with Crippen LogP contribution >= 0.6 is 22.9 Å². The number of anilines is 1. The van der Waals surface area contributed by atoms with Crippen molar-refractivity contribution in [3.8, 4) is 6.07 Å². The van der Waals surface area contributed by atoms with Gasteiger partial charge in [0.05, 0.1) is 27.0 Å². The monoisotopic (exact) mass is 365 g/mol.